The predicted octanol–water partition coefficient (Wildman–Crippen LogP) is 4.37. The number of fused-ring (bicyclic) bond motifs is 5. The van der Waals surface area contributed by atoms with Crippen LogP contribution in [-0.4, -0.2) is 18.1 Å². The largest absolute Gasteiger partial charge is 0.479 e. The van der Waals surface area contributed by atoms with Gasteiger partial charge in [0.05, 0.1) is 5.69 Å². The molecule has 1 atom stereocenters. The number of ether oxygens (including phenoxy) is 1. The summed E-state index contributed by atoms with van der Waals surface area (Å²) in [6.07, 6.45) is 6.39. The molecule has 0 saturated heterocycles. The van der Waals surface area contributed by atoms with E-state index in [0.717, 1.165) is 24.3 Å². The first-order chi connectivity index (χ1) is 16.0. The van der Waals surface area contributed by atoms with Crippen LogP contribution in [0.25, 0.3) is 11.6 Å². The van der Waals surface area contributed by atoms with E-state index >= 15 is 0 Å². The summed E-state index contributed by atoms with van der Waals surface area (Å²) >= 11 is 0. The second-order valence-electron chi connectivity index (χ2n) is 9.70. The Morgan fingerprint density at radius 1 is 0.970 bits per heavy atom. The van der Waals surface area contributed by atoms with E-state index in [4.69, 9.17) is 4.74 Å². The molecular formula is C30H29NO2. The van der Waals surface area contributed by atoms with Crippen LogP contribution in [0.4, 0.5) is 5.69 Å². The molecule has 0 spiro atoms. The van der Waals surface area contributed by atoms with Crippen LogP contribution < -0.4 is 20.1 Å². The zero-order valence-electron chi connectivity index (χ0n) is 19.5. The third-order valence-corrected chi connectivity index (χ3v) is 7.33. The smallest absolute Gasteiger partial charge is 0.268 e. The first kappa shape index (κ1) is 20.3. The Hall–Kier alpha value is -3.33. The van der Waals surface area contributed by atoms with E-state index in [0.29, 0.717) is 0 Å². The monoisotopic (exact) mass is 435 g/mol. The van der Waals surface area contributed by atoms with E-state index in [9.17, 15) is 4.79 Å². The number of nitrogens with zero attached hydrogens (tertiary/aromatic N) is 1. The predicted molar refractivity (Wildman–Crippen MR) is 133 cm³/mol. The van der Waals surface area contributed by atoms with Crippen LogP contribution in [-0.2, 0) is 17.6 Å². The molecule has 3 aromatic carbocycles. The zero-order valence-corrected chi connectivity index (χ0v) is 19.5. The maximum Gasteiger partial charge on any atom is 0.268 e. The first-order valence-electron chi connectivity index (χ1n) is 12.1. The van der Waals surface area contributed by atoms with Gasteiger partial charge < -0.3 is 9.64 Å². The van der Waals surface area contributed by atoms with E-state index in [2.05, 4.69) is 68.5 Å². The second-order valence-corrected chi connectivity index (χ2v) is 9.70. The van der Waals surface area contributed by atoms with Gasteiger partial charge in [0.1, 0.15) is 5.75 Å². The average Bonchev–Trinajstić information content (AvgIpc) is 2.83. The molecule has 0 bridgehead atoms. The molecule has 2 aliphatic carbocycles. The molecule has 1 unspecified atom stereocenters. The number of hydrogen-bond acceptors (Lipinski definition) is 2. The quantitative estimate of drug-likeness (QED) is 0.598. The molecule has 0 fully saturated rings. The molecule has 3 nitrogen and oxygen atoms in total. The first-order valence-corrected chi connectivity index (χ1v) is 12.1. The molecular weight excluding hydrogens is 406 g/mol. The average molecular weight is 436 g/mol. The molecule has 33 heavy (non-hydrogen) atoms. The van der Waals surface area contributed by atoms with E-state index in [-0.39, 0.29) is 11.9 Å². The van der Waals surface area contributed by atoms with Crippen LogP contribution in [0.2, 0.25) is 0 Å². The minimum atomic E-state index is -0.455. The van der Waals surface area contributed by atoms with Gasteiger partial charge in [0, 0.05) is 6.04 Å². The Kier molecular flexibility index (Phi) is 4.69. The number of benzene rings is 3. The summed E-state index contributed by atoms with van der Waals surface area (Å²) < 4.78 is 5.96. The van der Waals surface area contributed by atoms with Crippen molar-refractivity contribution in [1.29, 1.82) is 0 Å². The molecule has 1 heterocycles. The lowest BCUT2D eigenvalue weighted by Crippen LogP contribution is -2.47. The van der Waals surface area contributed by atoms with E-state index < -0.39 is 6.10 Å². The Morgan fingerprint density at radius 2 is 1.79 bits per heavy atom. The topological polar surface area (TPSA) is 29.5 Å². The maximum atomic E-state index is 12.9. The summed E-state index contributed by atoms with van der Waals surface area (Å²) in [6, 6.07) is 19.8. The molecule has 1 aliphatic heterocycles. The molecule has 0 radical (unpaired) electrons. The molecule has 166 valence electrons. The Bertz CT molecular complexity index is 1520. The molecule has 0 aromatic heterocycles. The highest BCUT2D eigenvalue weighted by Gasteiger charge is 2.33. The highest BCUT2D eigenvalue weighted by atomic mass is 16.5. The van der Waals surface area contributed by atoms with Crippen molar-refractivity contribution in [3.8, 4) is 5.75 Å². The second kappa shape index (κ2) is 7.62. The van der Waals surface area contributed by atoms with E-state index in [1.165, 1.54) is 56.0 Å². The van der Waals surface area contributed by atoms with Gasteiger partial charge >= 0.3 is 0 Å². The Morgan fingerprint density at radius 3 is 2.61 bits per heavy atom. The van der Waals surface area contributed by atoms with E-state index in [1.807, 2.05) is 17.9 Å². The number of amides is 1. The van der Waals surface area contributed by atoms with Crippen LogP contribution in [0.5, 0.6) is 5.75 Å². The minimum Gasteiger partial charge on any atom is -0.479 e. The fourth-order valence-corrected chi connectivity index (χ4v) is 5.78. The van der Waals surface area contributed by atoms with E-state index in [1.54, 1.807) is 0 Å². The highest BCUT2D eigenvalue weighted by molar-refractivity contribution is 6.00. The van der Waals surface area contributed by atoms with Crippen molar-refractivity contribution in [2.24, 2.45) is 0 Å². The highest BCUT2D eigenvalue weighted by Crippen LogP contribution is 2.38. The van der Waals surface area contributed by atoms with Crippen molar-refractivity contribution < 1.29 is 9.53 Å². The van der Waals surface area contributed by atoms with Crippen molar-refractivity contribution in [3.63, 3.8) is 0 Å². The summed E-state index contributed by atoms with van der Waals surface area (Å²) in [7, 11) is 0. The Balaban J connectivity index is 1.61. The lowest BCUT2D eigenvalue weighted by molar-refractivity contribution is -0.125. The van der Waals surface area contributed by atoms with Gasteiger partial charge in [-0.1, -0.05) is 48.5 Å². The molecule has 1 amide bonds. The zero-order chi connectivity index (χ0) is 22.7. The lowest BCUT2D eigenvalue weighted by Gasteiger charge is -2.36. The Labute approximate surface area is 194 Å². The van der Waals surface area contributed by atoms with Gasteiger partial charge in [0.15, 0.2) is 6.10 Å². The van der Waals surface area contributed by atoms with Crippen molar-refractivity contribution in [2.45, 2.75) is 58.6 Å². The number of carbonyl (C=O) groups is 1. The van der Waals surface area contributed by atoms with Crippen LogP contribution in [0, 0.1) is 10.4 Å². The van der Waals surface area contributed by atoms with Gasteiger partial charge in [-0.15, -0.1) is 0 Å². The molecule has 0 N–H and O–H groups in total. The van der Waals surface area contributed by atoms with Crippen molar-refractivity contribution in [1.82, 2.24) is 0 Å². The fraction of sp³-hybridized carbons (Fsp3) is 0.300. The number of rotatable bonds is 2. The fourth-order valence-electron chi connectivity index (χ4n) is 5.78. The summed E-state index contributed by atoms with van der Waals surface area (Å²) in [5.41, 5.74) is 6.36. The third-order valence-electron chi connectivity index (χ3n) is 7.33. The molecule has 0 saturated carbocycles. The van der Waals surface area contributed by atoms with Gasteiger partial charge in [0.2, 0.25) is 0 Å². The van der Waals surface area contributed by atoms with Crippen LogP contribution in [0.3, 0.4) is 0 Å². The van der Waals surface area contributed by atoms with Crippen LogP contribution >= 0.6 is 0 Å². The summed E-state index contributed by atoms with van der Waals surface area (Å²) in [6.45, 7) is 5.96. The van der Waals surface area contributed by atoms with Gasteiger partial charge in [0.25, 0.3) is 5.91 Å². The molecule has 6 rings (SSSR count). The maximum absolute atomic E-state index is 12.9. The molecule has 3 aromatic rings. The lowest BCUT2D eigenvalue weighted by atomic mass is 9.84. The van der Waals surface area contributed by atoms with Gasteiger partial charge in [-0.25, -0.2) is 0 Å². The SMILES string of the molecule is CC1Oc2ccc(C3=c4ccccc4=c4ccc5c(c4C3)CCCC=5)cc2N(C(C)C)C1=O. The van der Waals surface area contributed by atoms with Crippen LogP contribution in [0.1, 0.15) is 50.3 Å². The number of anilines is 1. The minimum absolute atomic E-state index is 0.0265. The van der Waals surface area contributed by atoms with Crippen molar-refractivity contribution in [3.05, 3.63) is 92.2 Å². The number of carbonyl (C=O) groups excluding carboxylic acids is 1. The summed E-state index contributed by atoms with van der Waals surface area (Å²) in [5.74, 6) is 0.815. The standard InChI is InChI=1S/C30H29NO2/c1-18(2)31-28-16-21(13-15-29(28)33-19(3)30(31)32)26-17-27-22-9-5-4-8-20(22)12-14-25(27)23-10-6-7-11-24(23)26/h6-8,10-16,18-19H,4-5,9,17H2,1-3H3. The van der Waals surface area contributed by atoms with Gasteiger partial charge in [-0.3, -0.25) is 4.79 Å². The normalized spacial score (nSPS) is 18.7. The van der Waals surface area contributed by atoms with Crippen LogP contribution in [0.15, 0.2) is 54.6 Å². The summed E-state index contributed by atoms with van der Waals surface area (Å²) in [5, 5.41) is 5.37. The molecule has 3 heteroatoms. The summed E-state index contributed by atoms with van der Waals surface area (Å²) in [4.78, 5) is 14.8. The third kappa shape index (κ3) is 3.13. The van der Waals surface area contributed by atoms with Gasteiger partial charge in [-0.2, -0.15) is 0 Å². The molecule has 3 aliphatic rings. The van der Waals surface area contributed by atoms with Gasteiger partial charge in [-0.05, 0) is 102 Å². The van der Waals surface area contributed by atoms with Crippen molar-refractivity contribution in [2.75, 3.05) is 4.90 Å². The number of hydrogen-bond donors (Lipinski definition) is 0. The van der Waals surface area contributed by atoms with Crippen molar-refractivity contribution >= 4 is 23.2 Å².